The zero-order valence-corrected chi connectivity index (χ0v) is 13.0. The van der Waals surface area contributed by atoms with Crippen LogP contribution in [0.25, 0.3) is 0 Å². The van der Waals surface area contributed by atoms with Crippen LogP contribution in [0.5, 0.6) is 0 Å². The third-order valence-corrected chi connectivity index (χ3v) is 4.11. The lowest BCUT2D eigenvalue weighted by Gasteiger charge is -2.35. The van der Waals surface area contributed by atoms with Crippen molar-refractivity contribution >= 4 is 21.8 Å². The maximum Gasteiger partial charge on any atom is 0.229 e. The molecule has 0 saturated carbocycles. The van der Waals surface area contributed by atoms with Gasteiger partial charge in [-0.2, -0.15) is 0 Å². The molecular formula is C15H21BrN2O. The number of carbonyl (C=O) groups is 1. The topological polar surface area (TPSA) is 23.6 Å². The smallest absolute Gasteiger partial charge is 0.229 e. The first kappa shape index (κ1) is 14.5. The normalized spacial score (nSPS) is 18.3. The number of rotatable bonds is 4. The van der Waals surface area contributed by atoms with Gasteiger partial charge in [0.25, 0.3) is 0 Å². The average molecular weight is 325 g/mol. The Hall–Kier alpha value is -0.870. The Bertz CT molecular complexity index is 402. The second kappa shape index (κ2) is 7.06. The van der Waals surface area contributed by atoms with E-state index in [0.717, 1.165) is 43.6 Å². The quantitative estimate of drug-likeness (QED) is 0.794. The number of halogens is 1. The summed E-state index contributed by atoms with van der Waals surface area (Å²) in [7, 11) is 0. The van der Waals surface area contributed by atoms with E-state index in [0.29, 0.717) is 0 Å². The molecule has 1 amide bonds. The van der Waals surface area contributed by atoms with Crippen LogP contribution in [0, 0.1) is 0 Å². The van der Waals surface area contributed by atoms with Crippen LogP contribution in [-0.4, -0.2) is 53.8 Å². The standard InChI is InChI=1S/C15H21BrN2O/c1-13(14-5-3-2-4-6-14)15(19)18-11-9-17(8-7-16)10-12-18/h2-6,13H,7-12H2,1H3. The van der Waals surface area contributed by atoms with Crippen LogP contribution in [0.1, 0.15) is 18.4 Å². The molecule has 1 atom stereocenters. The van der Waals surface area contributed by atoms with Gasteiger partial charge in [-0.05, 0) is 12.5 Å². The molecule has 0 spiro atoms. The van der Waals surface area contributed by atoms with Gasteiger partial charge in [-0.3, -0.25) is 9.69 Å². The number of carbonyl (C=O) groups excluding carboxylic acids is 1. The Morgan fingerprint density at radius 2 is 1.84 bits per heavy atom. The summed E-state index contributed by atoms with van der Waals surface area (Å²) in [5.41, 5.74) is 1.11. The summed E-state index contributed by atoms with van der Waals surface area (Å²) in [5, 5.41) is 1.00. The molecule has 0 aliphatic carbocycles. The summed E-state index contributed by atoms with van der Waals surface area (Å²) in [5.74, 6) is 0.216. The molecule has 4 heteroatoms. The van der Waals surface area contributed by atoms with Crippen LogP contribution in [0.3, 0.4) is 0 Å². The molecule has 1 aliphatic heterocycles. The van der Waals surface area contributed by atoms with Crippen molar-refractivity contribution in [3.05, 3.63) is 35.9 Å². The minimum absolute atomic E-state index is 0.0380. The van der Waals surface area contributed by atoms with Gasteiger partial charge in [-0.15, -0.1) is 0 Å². The zero-order valence-electron chi connectivity index (χ0n) is 11.4. The first-order valence-electron chi connectivity index (χ1n) is 6.84. The fourth-order valence-corrected chi connectivity index (χ4v) is 2.97. The van der Waals surface area contributed by atoms with Crippen LogP contribution in [0.2, 0.25) is 0 Å². The summed E-state index contributed by atoms with van der Waals surface area (Å²) < 4.78 is 0. The number of piperazine rings is 1. The molecule has 1 aromatic carbocycles. The summed E-state index contributed by atoms with van der Waals surface area (Å²) in [4.78, 5) is 16.9. The minimum Gasteiger partial charge on any atom is -0.340 e. The molecule has 3 nitrogen and oxygen atoms in total. The number of nitrogens with zero attached hydrogens (tertiary/aromatic N) is 2. The molecule has 0 aromatic heterocycles. The van der Waals surface area contributed by atoms with Crippen molar-refractivity contribution < 1.29 is 4.79 Å². The van der Waals surface area contributed by atoms with E-state index in [2.05, 4.69) is 20.8 Å². The van der Waals surface area contributed by atoms with E-state index in [1.165, 1.54) is 0 Å². The monoisotopic (exact) mass is 324 g/mol. The summed E-state index contributed by atoms with van der Waals surface area (Å²) in [6, 6.07) is 10.0. The van der Waals surface area contributed by atoms with E-state index in [-0.39, 0.29) is 11.8 Å². The SMILES string of the molecule is CC(C(=O)N1CCN(CCBr)CC1)c1ccccc1. The highest BCUT2D eigenvalue weighted by molar-refractivity contribution is 9.09. The van der Waals surface area contributed by atoms with Crippen LogP contribution in [0.4, 0.5) is 0 Å². The first-order chi connectivity index (χ1) is 9.22. The van der Waals surface area contributed by atoms with Crippen LogP contribution in [0.15, 0.2) is 30.3 Å². The Morgan fingerprint density at radius 1 is 1.21 bits per heavy atom. The minimum atomic E-state index is -0.0380. The van der Waals surface area contributed by atoms with E-state index in [1.54, 1.807) is 0 Å². The Morgan fingerprint density at radius 3 is 2.42 bits per heavy atom. The number of amides is 1. The van der Waals surface area contributed by atoms with Gasteiger partial charge >= 0.3 is 0 Å². The predicted molar refractivity (Wildman–Crippen MR) is 81.7 cm³/mol. The molecule has 1 fully saturated rings. The van der Waals surface area contributed by atoms with E-state index in [1.807, 2.05) is 42.2 Å². The average Bonchev–Trinajstić information content (AvgIpc) is 2.48. The molecule has 1 aliphatic rings. The molecule has 1 aromatic rings. The van der Waals surface area contributed by atoms with Crippen molar-refractivity contribution in [1.29, 1.82) is 0 Å². The zero-order chi connectivity index (χ0) is 13.7. The van der Waals surface area contributed by atoms with E-state index in [4.69, 9.17) is 0 Å². The summed E-state index contributed by atoms with van der Waals surface area (Å²) in [6.07, 6.45) is 0. The Balaban J connectivity index is 1.91. The van der Waals surface area contributed by atoms with Gasteiger partial charge in [0.2, 0.25) is 5.91 Å². The van der Waals surface area contributed by atoms with E-state index >= 15 is 0 Å². The Kier molecular flexibility index (Phi) is 5.40. The lowest BCUT2D eigenvalue weighted by atomic mass is 9.99. The van der Waals surface area contributed by atoms with Crippen LogP contribution >= 0.6 is 15.9 Å². The fraction of sp³-hybridized carbons (Fsp3) is 0.533. The second-order valence-electron chi connectivity index (χ2n) is 4.99. The van der Waals surface area contributed by atoms with E-state index in [9.17, 15) is 4.79 Å². The fourth-order valence-electron chi connectivity index (χ4n) is 2.47. The Labute approximate surface area is 123 Å². The summed E-state index contributed by atoms with van der Waals surface area (Å²) >= 11 is 3.46. The molecule has 2 rings (SSSR count). The summed E-state index contributed by atoms with van der Waals surface area (Å²) in [6.45, 7) is 6.74. The number of benzene rings is 1. The highest BCUT2D eigenvalue weighted by atomic mass is 79.9. The van der Waals surface area contributed by atoms with Crippen molar-refractivity contribution in [1.82, 2.24) is 9.80 Å². The van der Waals surface area contributed by atoms with Crippen molar-refractivity contribution in [3.8, 4) is 0 Å². The van der Waals surface area contributed by atoms with Gasteiger partial charge < -0.3 is 4.90 Å². The molecule has 19 heavy (non-hydrogen) atoms. The highest BCUT2D eigenvalue weighted by Crippen LogP contribution is 2.18. The molecule has 1 saturated heterocycles. The van der Waals surface area contributed by atoms with Gasteiger partial charge in [-0.1, -0.05) is 46.3 Å². The highest BCUT2D eigenvalue weighted by Gasteiger charge is 2.25. The van der Waals surface area contributed by atoms with Gasteiger partial charge in [-0.25, -0.2) is 0 Å². The van der Waals surface area contributed by atoms with Gasteiger partial charge in [0, 0.05) is 38.1 Å². The molecule has 1 unspecified atom stereocenters. The molecule has 0 bridgehead atoms. The number of hydrogen-bond acceptors (Lipinski definition) is 2. The van der Waals surface area contributed by atoms with Gasteiger partial charge in [0.15, 0.2) is 0 Å². The molecule has 0 N–H and O–H groups in total. The third-order valence-electron chi connectivity index (χ3n) is 3.75. The van der Waals surface area contributed by atoms with Gasteiger partial charge in [0.05, 0.1) is 5.92 Å². The van der Waals surface area contributed by atoms with Crippen LogP contribution < -0.4 is 0 Å². The lowest BCUT2D eigenvalue weighted by molar-refractivity contribution is -0.134. The number of hydrogen-bond donors (Lipinski definition) is 0. The first-order valence-corrected chi connectivity index (χ1v) is 7.96. The van der Waals surface area contributed by atoms with Crippen LogP contribution in [-0.2, 0) is 4.79 Å². The second-order valence-corrected chi connectivity index (χ2v) is 5.78. The largest absolute Gasteiger partial charge is 0.340 e. The molecular weight excluding hydrogens is 304 g/mol. The lowest BCUT2D eigenvalue weighted by Crippen LogP contribution is -2.50. The van der Waals surface area contributed by atoms with E-state index < -0.39 is 0 Å². The van der Waals surface area contributed by atoms with Crippen molar-refractivity contribution in [2.45, 2.75) is 12.8 Å². The molecule has 0 radical (unpaired) electrons. The maximum absolute atomic E-state index is 12.5. The van der Waals surface area contributed by atoms with Crippen molar-refractivity contribution in [2.75, 3.05) is 38.1 Å². The maximum atomic E-state index is 12.5. The van der Waals surface area contributed by atoms with Crippen molar-refractivity contribution in [2.24, 2.45) is 0 Å². The van der Waals surface area contributed by atoms with Crippen molar-refractivity contribution in [3.63, 3.8) is 0 Å². The predicted octanol–water partition coefficient (Wildman–Crippen LogP) is 2.33. The molecule has 104 valence electrons. The number of alkyl halides is 1. The third kappa shape index (κ3) is 3.80. The molecule has 1 heterocycles. The van der Waals surface area contributed by atoms with Gasteiger partial charge in [0.1, 0.15) is 0 Å².